The third kappa shape index (κ3) is 3.62. The lowest BCUT2D eigenvalue weighted by molar-refractivity contribution is -0.135. The highest BCUT2D eigenvalue weighted by Crippen LogP contribution is 2.29. The average molecular weight is 370 g/mol. The molecule has 0 spiro atoms. The number of aromatic nitrogens is 2. The van der Waals surface area contributed by atoms with E-state index in [1.54, 1.807) is 23.7 Å². The van der Waals surface area contributed by atoms with Crippen molar-refractivity contribution in [3.8, 4) is 0 Å². The van der Waals surface area contributed by atoms with E-state index in [2.05, 4.69) is 21.4 Å². The molecule has 7 heteroatoms. The quantitative estimate of drug-likeness (QED) is 0.828. The van der Waals surface area contributed by atoms with Gasteiger partial charge in [0.05, 0.1) is 6.20 Å². The Kier molecular flexibility index (Phi) is 4.97. The second-order valence-electron chi connectivity index (χ2n) is 7.08. The van der Waals surface area contributed by atoms with Crippen molar-refractivity contribution in [2.75, 3.05) is 19.6 Å². The molecule has 0 N–H and O–H groups in total. The number of hydrogen-bond acceptors (Lipinski definition) is 5. The van der Waals surface area contributed by atoms with E-state index < -0.39 is 0 Å². The fraction of sp³-hybridized carbons (Fsp3) is 0.474. The van der Waals surface area contributed by atoms with Gasteiger partial charge >= 0.3 is 0 Å². The number of fused-ring (bicyclic) bond motifs is 4. The van der Waals surface area contributed by atoms with Crippen LogP contribution in [0.4, 0.5) is 0 Å². The summed E-state index contributed by atoms with van der Waals surface area (Å²) in [5.74, 6) is 0.474. The molecule has 3 aliphatic heterocycles. The molecule has 0 saturated carbocycles. The number of thiophene rings is 1. The third-order valence-corrected chi connectivity index (χ3v) is 6.04. The number of carbonyl (C=O) groups excluding carboxylic acids is 2. The van der Waals surface area contributed by atoms with Crippen LogP contribution < -0.4 is 0 Å². The summed E-state index contributed by atoms with van der Waals surface area (Å²) in [6.07, 6.45) is 7.99. The summed E-state index contributed by atoms with van der Waals surface area (Å²) in [6, 6.07) is 2.19. The van der Waals surface area contributed by atoms with Crippen LogP contribution >= 0.6 is 11.3 Å². The lowest BCUT2D eigenvalue weighted by Gasteiger charge is -2.36. The van der Waals surface area contributed by atoms with Crippen molar-refractivity contribution in [2.45, 2.75) is 31.7 Å². The van der Waals surface area contributed by atoms with Gasteiger partial charge in [-0.3, -0.25) is 14.6 Å². The zero-order valence-electron chi connectivity index (χ0n) is 14.6. The molecule has 6 nitrogen and oxygen atoms in total. The predicted octanol–water partition coefficient (Wildman–Crippen LogP) is 2.23. The van der Waals surface area contributed by atoms with Crippen LogP contribution in [0.25, 0.3) is 0 Å². The highest BCUT2D eigenvalue weighted by atomic mass is 32.1. The Morgan fingerprint density at radius 1 is 1.19 bits per heavy atom. The second kappa shape index (κ2) is 7.53. The molecule has 5 rings (SSSR count). The Bertz CT molecular complexity index is 765. The van der Waals surface area contributed by atoms with Gasteiger partial charge in [-0.05, 0) is 47.6 Å². The van der Waals surface area contributed by atoms with E-state index >= 15 is 0 Å². The Balaban J connectivity index is 1.43. The molecule has 0 radical (unpaired) electrons. The van der Waals surface area contributed by atoms with Gasteiger partial charge in [-0.25, -0.2) is 4.98 Å². The molecule has 2 aromatic rings. The molecular weight excluding hydrogens is 348 g/mol. The molecule has 0 aliphatic carbocycles. The van der Waals surface area contributed by atoms with Gasteiger partial charge in [0.15, 0.2) is 0 Å². The van der Waals surface area contributed by atoms with Crippen molar-refractivity contribution >= 4 is 23.2 Å². The molecule has 2 amide bonds. The van der Waals surface area contributed by atoms with E-state index in [1.165, 1.54) is 11.8 Å². The van der Waals surface area contributed by atoms with Gasteiger partial charge in [0, 0.05) is 44.5 Å². The predicted molar refractivity (Wildman–Crippen MR) is 98.8 cm³/mol. The van der Waals surface area contributed by atoms with E-state index in [9.17, 15) is 9.59 Å². The van der Waals surface area contributed by atoms with E-state index in [0.29, 0.717) is 31.1 Å². The minimum atomic E-state index is -0.0810. The topological polar surface area (TPSA) is 66.4 Å². The number of carbonyl (C=O) groups is 2. The number of piperidine rings is 1. The smallest absolute Gasteiger partial charge is 0.274 e. The zero-order valence-corrected chi connectivity index (χ0v) is 15.4. The van der Waals surface area contributed by atoms with Gasteiger partial charge in [-0.1, -0.05) is 0 Å². The number of nitrogens with zero attached hydrogens (tertiary/aromatic N) is 4. The van der Waals surface area contributed by atoms with E-state index in [0.717, 1.165) is 25.8 Å². The maximum Gasteiger partial charge on any atom is 0.274 e. The summed E-state index contributed by atoms with van der Waals surface area (Å²) in [5.41, 5.74) is 1.60. The van der Waals surface area contributed by atoms with Crippen molar-refractivity contribution in [2.24, 2.45) is 5.92 Å². The highest BCUT2D eigenvalue weighted by Gasteiger charge is 2.38. The van der Waals surface area contributed by atoms with Crippen LogP contribution in [0.5, 0.6) is 0 Å². The maximum absolute atomic E-state index is 12.8. The number of aryl methyl sites for hydroxylation is 1. The zero-order chi connectivity index (χ0) is 17.9. The van der Waals surface area contributed by atoms with Crippen molar-refractivity contribution < 1.29 is 9.59 Å². The fourth-order valence-corrected chi connectivity index (χ4v) is 4.66. The van der Waals surface area contributed by atoms with Crippen molar-refractivity contribution in [3.05, 3.63) is 46.7 Å². The van der Waals surface area contributed by atoms with Gasteiger partial charge in [-0.2, -0.15) is 11.3 Å². The summed E-state index contributed by atoms with van der Waals surface area (Å²) in [6.45, 7) is 2.05. The first-order valence-electron chi connectivity index (χ1n) is 9.06. The van der Waals surface area contributed by atoms with Crippen LogP contribution in [0.15, 0.2) is 35.4 Å². The SMILES string of the molecule is O=C(c1cnccn1)N1CC2CCC(C1)N(C(=O)CCc1ccsc1)C2. The minimum Gasteiger partial charge on any atom is -0.338 e. The molecular formula is C19H22N4O2S. The largest absolute Gasteiger partial charge is 0.338 e. The van der Waals surface area contributed by atoms with Crippen molar-refractivity contribution in [1.82, 2.24) is 19.8 Å². The maximum atomic E-state index is 12.8. The van der Waals surface area contributed by atoms with Gasteiger partial charge in [0.2, 0.25) is 5.91 Å². The molecule has 5 heterocycles. The second-order valence-corrected chi connectivity index (χ2v) is 7.86. The lowest BCUT2D eigenvalue weighted by Crippen LogP contribution is -2.47. The molecule has 2 atom stereocenters. The lowest BCUT2D eigenvalue weighted by atomic mass is 9.94. The molecule has 2 unspecified atom stereocenters. The van der Waals surface area contributed by atoms with Crippen LogP contribution in [0.1, 0.15) is 35.3 Å². The van der Waals surface area contributed by atoms with Gasteiger partial charge in [-0.15, -0.1) is 0 Å². The summed E-state index contributed by atoms with van der Waals surface area (Å²) >= 11 is 1.66. The third-order valence-electron chi connectivity index (χ3n) is 5.31. The normalized spacial score (nSPS) is 22.3. The highest BCUT2D eigenvalue weighted by molar-refractivity contribution is 7.07. The summed E-state index contributed by atoms with van der Waals surface area (Å²) < 4.78 is 0. The Morgan fingerprint density at radius 3 is 2.88 bits per heavy atom. The number of amides is 2. The summed E-state index contributed by atoms with van der Waals surface area (Å²) in [5, 5.41) is 4.15. The molecule has 3 aliphatic rings. The molecule has 3 fully saturated rings. The van der Waals surface area contributed by atoms with Gasteiger partial charge < -0.3 is 9.80 Å². The van der Waals surface area contributed by atoms with Crippen LogP contribution in [-0.2, 0) is 11.2 Å². The minimum absolute atomic E-state index is 0.0810. The van der Waals surface area contributed by atoms with E-state index in [1.807, 2.05) is 15.2 Å². The number of hydrogen-bond donors (Lipinski definition) is 0. The average Bonchev–Trinajstić information content (AvgIpc) is 3.04. The Morgan fingerprint density at radius 2 is 2.12 bits per heavy atom. The van der Waals surface area contributed by atoms with Crippen molar-refractivity contribution in [3.63, 3.8) is 0 Å². The summed E-state index contributed by atoms with van der Waals surface area (Å²) in [7, 11) is 0. The van der Waals surface area contributed by atoms with Crippen LogP contribution in [0, 0.1) is 5.92 Å². The first-order chi connectivity index (χ1) is 12.7. The standard InChI is InChI=1S/C19H22N4O2S/c24-18(4-2-14-5-8-26-13-14)23-11-15-1-3-16(23)12-22(10-15)19(25)17-9-20-6-7-21-17/h5-9,13,15-16H,1-4,10-12H2. The molecule has 3 saturated heterocycles. The first kappa shape index (κ1) is 17.1. The molecule has 26 heavy (non-hydrogen) atoms. The number of rotatable bonds is 4. The molecule has 2 aromatic heterocycles. The molecule has 0 aromatic carbocycles. The Labute approximate surface area is 156 Å². The van der Waals surface area contributed by atoms with Gasteiger partial charge in [0.1, 0.15) is 5.69 Å². The van der Waals surface area contributed by atoms with E-state index in [4.69, 9.17) is 0 Å². The van der Waals surface area contributed by atoms with Crippen LogP contribution in [-0.4, -0.2) is 57.3 Å². The van der Waals surface area contributed by atoms with Gasteiger partial charge in [0.25, 0.3) is 5.91 Å². The van der Waals surface area contributed by atoms with E-state index in [-0.39, 0.29) is 17.9 Å². The Hall–Kier alpha value is -2.28. The van der Waals surface area contributed by atoms with Crippen molar-refractivity contribution in [1.29, 1.82) is 0 Å². The first-order valence-corrected chi connectivity index (χ1v) is 10.0. The fourth-order valence-electron chi connectivity index (χ4n) is 3.95. The molecule has 136 valence electrons. The monoisotopic (exact) mass is 370 g/mol. The molecule has 2 bridgehead atoms. The summed E-state index contributed by atoms with van der Waals surface area (Å²) in [4.78, 5) is 37.5. The van der Waals surface area contributed by atoms with Crippen LogP contribution in [0.2, 0.25) is 0 Å². The van der Waals surface area contributed by atoms with Crippen LogP contribution in [0.3, 0.4) is 0 Å².